The number of benzene rings is 1. The van der Waals surface area contributed by atoms with Crippen LogP contribution in [-0.2, 0) is 14.3 Å². The first-order valence-corrected chi connectivity index (χ1v) is 16.7. The van der Waals surface area contributed by atoms with Gasteiger partial charge < -0.3 is 35.6 Å². The van der Waals surface area contributed by atoms with E-state index >= 15 is 0 Å². The van der Waals surface area contributed by atoms with Gasteiger partial charge in [-0.25, -0.2) is 4.79 Å². The standard InChI is InChI=1S/C35H44ClN7O4/c1-4-41(2)29(22-37)31(40-33(44)35(46-3)11-12-35)28-20-23-6-5-13-39-30(23)32(26-8-7-24(36)21-27(26)28)42-16-18-43(19-17-42)34(45)47-25-9-14-38-15-10-25/h4-8,13,20-22,25,31-32,38H,1,9-12,14-19,37H2,2-3H3,(H,40,44)/b29-22-/t31-,32+/m1/s1. The zero-order valence-electron chi connectivity index (χ0n) is 27.1. The first-order chi connectivity index (χ1) is 22.8. The van der Waals surface area contributed by atoms with Crippen LogP contribution in [0, 0.1) is 0 Å². The predicted molar refractivity (Wildman–Crippen MR) is 182 cm³/mol. The van der Waals surface area contributed by atoms with Gasteiger partial charge in [0.15, 0.2) is 0 Å². The minimum atomic E-state index is -0.857. The van der Waals surface area contributed by atoms with Crippen molar-refractivity contribution in [1.82, 2.24) is 30.3 Å². The molecule has 11 nitrogen and oxygen atoms in total. The fourth-order valence-electron chi connectivity index (χ4n) is 6.83. The average Bonchev–Trinajstić information content (AvgIpc) is 3.92. The van der Waals surface area contributed by atoms with Gasteiger partial charge in [-0.2, -0.15) is 0 Å². The summed E-state index contributed by atoms with van der Waals surface area (Å²) in [6.45, 7) is 8.00. The summed E-state index contributed by atoms with van der Waals surface area (Å²) in [6, 6.07) is 8.93. The second kappa shape index (κ2) is 14.1. The van der Waals surface area contributed by atoms with E-state index in [9.17, 15) is 9.59 Å². The van der Waals surface area contributed by atoms with Gasteiger partial charge in [-0.15, -0.1) is 0 Å². The highest BCUT2D eigenvalue weighted by atomic mass is 35.5. The molecule has 2 atom stereocenters. The molecule has 250 valence electrons. The Hall–Kier alpha value is -3.90. The normalized spacial score (nSPS) is 21.8. The topological polar surface area (TPSA) is 125 Å². The number of nitrogens with one attached hydrogen (secondary N) is 2. The van der Waals surface area contributed by atoms with Crippen LogP contribution in [0.1, 0.15) is 54.1 Å². The fraction of sp³-hybridized carbons (Fsp3) is 0.457. The molecule has 3 fully saturated rings. The molecule has 2 saturated heterocycles. The second-order valence-corrected chi connectivity index (χ2v) is 13.0. The van der Waals surface area contributed by atoms with E-state index in [0.717, 1.165) is 53.9 Å². The minimum Gasteiger partial charge on any atom is -0.446 e. The number of nitrogens with zero attached hydrogens (tertiary/aromatic N) is 4. The second-order valence-electron chi connectivity index (χ2n) is 12.6. The first kappa shape index (κ1) is 33.0. The van der Waals surface area contributed by atoms with Gasteiger partial charge in [-0.1, -0.05) is 30.3 Å². The third-order valence-electron chi connectivity index (χ3n) is 9.80. The van der Waals surface area contributed by atoms with E-state index in [4.69, 9.17) is 31.8 Å². The third kappa shape index (κ3) is 6.76. The number of rotatable bonds is 9. The highest BCUT2D eigenvalue weighted by molar-refractivity contribution is 6.30. The molecule has 0 bridgehead atoms. The third-order valence-corrected chi connectivity index (χ3v) is 10.0. The molecule has 3 heterocycles. The van der Waals surface area contributed by atoms with Crippen LogP contribution in [0.2, 0.25) is 5.02 Å². The Balaban J connectivity index is 1.36. The maximum absolute atomic E-state index is 13.7. The first-order valence-electron chi connectivity index (χ1n) is 16.3. The molecule has 2 amide bonds. The van der Waals surface area contributed by atoms with E-state index in [1.165, 1.54) is 6.20 Å². The van der Waals surface area contributed by atoms with Crippen LogP contribution < -0.4 is 16.4 Å². The molecule has 47 heavy (non-hydrogen) atoms. The van der Waals surface area contributed by atoms with Crippen molar-refractivity contribution in [3.05, 3.63) is 88.6 Å². The summed E-state index contributed by atoms with van der Waals surface area (Å²) < 4.78 is 11.5. The van der Waals surface area contributed by atoms with Gasteiger partial charge >= 0.3 is 6.09 Å². The van der Waals surface area contributed by atoms with Crippen molar-refractivity contribution in [2.24, 2.45) is 5.73 Å². The van der Waals surface area contributed by atoms with Gasteiger partial charge in [0.05, 0.1) is 23.5 Å². The summed E-state index contributed by atoms with van der Waals surface area (Å²) in [5.74, 6) is -0.203. The average molecular weight is 662 g/mol. The number of aromatic nitrogens is 1. The lowest BCUT2D eigenvalue weighted by atomic mass is 9.89. The number of piperazine rings is 1. The van der Waals surface area contributed by atoms with E-state index < -0.39 is 11.6 Å². The molecule has 4 aliphatic rings. The Kier molecular flexibility index (Phi) is 9.88. The van der Waals surface area contributed by atoms with Gasteiger partial charge in [0.1, 0.15) is 11.7 Å². The summed E-state index contributed by atoms with van der Waals surface area (Å²) >= 11 is 6.70. The van der Waals surface area contributed by atoms with Crippen LogP contribution >= 0.6 is 11.6 Å². The van der Waals surface area contributed by atoms with Crippen molar-refractivity contribution in [3.63, 3.8) is 0 Å². The molecule has 4 N–H and O–H groups in total. The Morgan fingerprint density at radius 1 is 1.21 bits per heavy atom. The van der Waals surface area contributed by atoms with Crippen molar-refractivity contribution >= 4 is 35.3 Å². The maximum atomic E-state index is 13.7. The van der Waals surface area contributed by atoms with Gasteiger partial charge in [0.25, 0.3) is 5.91 Å². The van der Waals surface area contributed by atoms with E-state index in [0.29, 0.717) is 49.7 Å². The molecule has 6 rings (SSSR count). The molecule has 12 heteroatoms. The van der Waals surface area contributed by atoms with Crippen molar-refractivity contribution in [2.45, 2.75) is 49.5 Å². The van der Waals surface area contributed by atoms with Crippen LogP contribution in [0.3, 0.4) is 0 Å². The Morgan fingerprint density at radius 2 is 1.96 bits per heavy atom. The largest absolute Gasteiger partial charge is 0.446 e. The molecule has 2 aliphatic heterocycles. The van der Waals surface area contributed by atoms with Crippen LogP contribution in [0.4, 0.5) is 4.79 Å². The summed E-state index contributed by atoms with van der Waals surface area (Å²) in [5.41, 5.74) is 10.5. The monoisotopic (exact) mass is 661 g/mol. The number of carbonyl (C=O) groups is 2. The van der Waals surface area contributed by atoms with Gasteiger partial charge in [0.2, 0.25) is 0 Å². The number of fused-ring (bicyclic) bond motifs is 2. The summed E-state index contributed by atoms with van der Waals surface area (Å²) in [6.07, 6.45) is 9.71. The quantitative estimate of drug-likeness (QED) is 0.369. The van der Waals surface area contributed by atoms with Crippen LogP contribution in [0.15, 0.2) is 61.2 Å². The smallest absolute Gasteiger partial charge is 0.410 e. The molecule has 0 radical (unpaired) electrons. The SMILES string of the molecule is C=CN(C)/C(=C\N)[C@H](NC(=O)C1(OC)CC1)C1=Cc2cccnc2[C@@H](N2CCN(C(=O)OC3CCNCC3)CC2)c2ccc(Cl)cc21. The molecule has 1 aromatic carbocycles. The van der Waals surface area contributed by atoms with E-state index in [2.05, 4.69) is 28.2 Å². The van der Waals surface area contributed by atoms with Crippen LogP contribution in [0.5, 0.6) is 0 Å². The number of ether oxygens (including phenoxy) is 2. The number of nitrogens with two attached hydrogens (primary N) is 1. The highest BCUT2D eigenvalue weighted by Crippen LogP contribution is 2.44. The lowest BCUT2D eigenvalue weighted by molar-refractivity contribution is -0.133. The number of amides is 2. The summed E-state index contributed by atoms with van der Waals surface area (Å²) in [7, 11) is 3.41. The highest BCUT2D eigenvalue weighted by Gasteiger charge is 2.51. The van der Waals surface area contributed by atoms with Crippen LogP contribution in [-0.4, -0.2) is 103 Å². The number of hydrogen-bond donors (Lipinski definition) is 3. The van der Waals surface area contributed by atoms with Gasteiger partial charge in [-0.05, 0) is 91.5 Å². The Morgan fingerprint density at radius 3 is 2.62 bits per heavy atom. The number of piperidine rings is 1. The van der Waals surface area contributed by atoms with E-state index in [1.54, 1.807) is 29.3 Å². The summed E-state index contributed by atoms with van der Waals surface area (Å²) in [4.78, 5) is 37.7. The zero-order chi connectivity index (χ0) is 33.1. The number of carbonyl (C=O) groups excluding carboxylic acids is 2. The maximum Gasteiger partial charge on any atom is 0.410 e. The van der Waals surface area contributed by atoms with Crippen molar-refractivity contribution < 1.29 is 19.1 Å². The minimum absolute atomic E-state index is 0.0412. The van der Waals surface area contributed by atoms with Crippen LogP contribution in [0.25, 0.3) is 11.6 Å². The number of halogens is 1. The predicted octanol–water partition coefficient (Wildman–Crippen LogP) is 3.72. The summed E-state index contributed by atoms with van der Waals surface area (Å²) in [5, 5.41) is 7.14. The number of likely N-dealkylation sites (N-methyl/N-ethyl adjacent to an activating group) is 1. The van der Waals surface area contributed by atoms with E-state index in [1.807, 2.05) is 37.4 Å². The molecular formula is C35H44ClN7O4. The molecular weight excluding hydrogens is 618 g/mol. The Labute approximate surface area is 281 Å². The van der Waals surface area contributed by atoms with E-state index in [-0.39, 0.29) is 24.1 Å². The number of pyridine rings is 1. The van der Waals surface area contributed by atoms with Crippen molar-refractivity contribution in [2.75, 3.05) is 53.4 Å². The fourth-order valence-corrected chi connectivity index (χ4v) is 7.00. The number of hydrogen-bond acceptors (Lipinski definition) is 9. The molecule has 2 aliphatic carbocycles. The van der Waals surface area contributed by atoms with Crippen molar-refractivity contribution in [3.8, 4) is 0 Å². The van der Waals surface area contributed by atoms with Crippen molar-refractivity contribution in [1.29, 1.82) is 0 Å². The lowest BCUT2D eigenvalue weighted by Crippen LogP contribution is -2.51. The molecule has 2 aromatic rings. The zero-order valence-corrected chi connectivity index (χ0v) is 27.8. The van der Waals surface area contributed by atoms with Gasteiger partial charge in [-0.3, -0.25) is 14.7 Å². The lowest BCUT2D eigenvalue weighted by Gasteiger charge is -2.40. The number of methoxy groups -OCH3 is 1. The molecule has 0 spiro atoms. The molecule has 1 aromatic heterocycles. The molecule has 0 unspecified atom stereocenters. The molecule has 1 saturated carbocycles. The van der Waals surface area contributed by atoms with Gasteiger partial charge in [0, 0.05) is 57.8 Å². The Bertz CT molecular complexity index is 1560.